The normalized spacial score (nSPS) is 16.0. The maximum Gasteiger partial charge on any atom is 0.312 e. The van der Waals surface area contributed by atoms with Gasteiger partial charge in [0.15, 0.2) is 5.75 Å². The number of carbonyl (C=O) groups excluding carboxylic acids is 2. The highest BCUT2D eigenvalue weighted by atomic mass is 16.6. The molecule has 1 atom stereocenters. The van der Waals surface area contributed by atoms with Crippen LogP contribution in [0.2, 0.25) is 0 Å². The SMILES string of the molecule is COc1ccc(N2CC(C(=O)Nc3ccc(OC)c([N+](=O)[O-])c3)CC2=O)cc1. The van der Waals surface area contributed by atoms with Gasteiger partial charge in [-0.25, -0.2) is 0 Å². The Morgan fingerprint density at radius 1 is 1.18 bits per heavy atom. The van der Waals surface area contributed by atoms with Crippen molar-refractivity contribution in [1.29, 1.82) is 0 Å². The molecule has 3 rings (SSSR count). The summed E-state index contributed by atoms with van der Waals surface area (Å²) < 4.78 is 10.0. The molecule has 0 saturated carbocycles. The van der Waals surface area contributed by atoms with E-state index >= 15 is 0 Å². The second-order valence-electron chi connectivity index (χ2n) is 6.24. The Morgan fingerprint density at radius 2 is 1.89 bits per heavy atom. The van der Waals surface area contributed by atoms with E-state index in [0.29, 0.717) is 11.4 Å². The number of ether oxygens (including phenoxy) is 2. The molecule has 1 fully saturated rings. The largest absolute Gasteiger partial charge is 0.497 e. The van der Waals surface area contributed by atoms with Crippen LogP contribution in [-0.2, 0) is 9.59 Å². The molecule has 2 aromatic carbocycles. The van der Waals surface area contributed by atoms with Crippen molar-refractivity contribution in [1.82, 2.24) is 0 Å². The minimum absolute atomic E-state index is 0.0656. The molecule has 9 heteroatoms. The van der Waals surface area contributed by atoms with E-state index in [0.717, 1.165) is 0 Å². The van der Waals surface area contributed by atoms with E-state index in [4.69, 9.17) is 9.47 Å². The molecular formula is C19H19N3O6. The number of hydrogen-bond donors (Lipinski definition) is 1. The number of amides is 2. The fourth-order valence-corrected chi connectivity index (χ4v) is 3.05. The topological polar surface area (TPSA) is 111 Å². The quantitative estimate of drug-likeness (QED) is 0.604. The zero-order valence-electron chi connectivity index (χ0n) is 15.4. The van der Waals surface area contributed by atoms with Gasteiger partial charge in [0.1, 0.15) is 5.75 Å². The van der Waals surface area contributed by atoms with Crippen LogP contribution in [0, 0.1) is 16.0 Å². The molecular weight excluding hydrogens is 366 g/mol. The average molecular weight is 385 g/mol. The molecule has 1 saturated heterocycles. The second kappa shape index (κ2) is 7.95. The number of anilines is 2. The minimum atomic E-state index is -0.584. The number of rotatable bonds is 6. The van der Waals surface area contributed by atoms with Crippen LogP contribution in [0.25, 0.3) is 0 Å². The number of nitrogens with one attached hydrogen (secondary N) is 1. The highest BCUT2D eigenvalue weighted by Crippen LogP contribution is 2.31. The van der Waals surface area contributed by atoms with E-state index in [-0.39, 0.29) is 41.9 Å². The zero-order chi connectivity index (χ0) is 20.3. The summed E-state index contributed by atoms with van der Waals surface area (Å²) in [5.41, 5.74) is 0.705. The van der Waals surface area contributed by atoms with Crippen LogP contribution in [-0.4, -0.2) is 37.5 Å². The lowest BCUT2D eigenvalue weighted by atomic mass is 10.1. The fraction of sp³-hybridized carbons (Fsp3) is 0.263. The number of benzene rings is 2. The highest BCUT2D eigenvalue weighted by molar-refractivity contribution is 6.03. The molecule has 0 radical (unpaired) electrons. The Balaban J connectivity index is 1.71. The Hall–Kier alpha value is -3.62. The van der Waals surface area contributed by atoms with Gasteiger partial charge in [0.2, 0.25) is 11.8 Å². The van der Waals surface area contributed by atoms with Gasteiger partial charge >= 0.3 is 5.69 Å². The van der Waals surface area contributed by atoms with Crippen molar-refractivity contribution >= 4 is 28.9 Å². The maximum atomic E-state index is 12.6. The van der Waals surface area contributed by atoms with E-state index in [2.05, 4.69) is 5.32 Å². The molecule has 1 unspecified atom stereocenters. The van der Waals surface area contributed by atoms with Gasteiger partial charge in [0.05, 0.1) is 25.1 Å². The third kappa shape index (κ3) is 3.88. The lowest BCUT2D eigenvalue weighted by Crippen LogP contribution is -2.28. The molecule has 1 N–H and O–H groups in total. The Bertz CT molecular complexity index is 912. The van der Waals surface area contributed by atoms with E-state index < -0.39 is 10.8 Å². The van der Waals surface area contributed by atoms with E-state index in [1.165, 1.54) is 25.3 Å². The van der Waals surface area contributed by atoms with Gasteiger partial charge < -0.3 is 19.7 Å². The van der Waals surface area contributed by atoms with Crippen LogP contribution in [0.4, 0.5) is 17.1 Å². The zero-order valence-corrected chi connectivity index (χ0v) is 15.4. The number of nitro benzene ring substituents is 1. The summed E-state index contributed by atoms with van der Waals surface area (Å²) in [6.45, 7) is 0.231. The summed E-state index contributed by atoms with van der Waals surface area (Å²) in [6, 6.07) is 11.2. The minimum Gasteiger partial charge on any atom is -0.497 e. The number of nitrogens with zero attached hydrogens (tertiary/aromatic N) is 2. The molecule has 2 amide bonds. The first-order chi connectivity index (χ1) is 13.4. The Labute approximate surface area is 161 Å². The third-order valence-electron chi connectivity index (χ3n) is 4.52. The first-order valence-electron chi connectivity index (χ1n) is 8.50. The molecule has 0 aliphatic carbocycles. The van der Waals surface area contributed by atoms with Gasteiger partial charge in [-0.15, -0.1) is 0 Å². The van der Waals surface area contributed by atoms with Crippen molar-refractivity contribution in [2.45, 2.75) is 6.42 Å². The summed E-state index contributed by atoms with van der Waals surface area (Å²) in [5, 5.41) is 13.8. The van der Waals surface area contributed by atoms with E-state index in [9.17, 15) is 19.7 Å². The predicted molar refractivity (Wildman–Crippen MR) is 102 cm³/mol. The number of nitro groups is 1. The molecule has 146 valence electrons. The highest BCUT2D eigenvalue weighted by Gasteiger charge is 2.35. The summed E-state index contributed by atoms with van der Waals surface area (Å²) in [5.74, 6) is -0.318. The Kier molecular flexibility index (Phi) is 5.44. The molecule has 1 aliphatic heterocycles. The van der Waals surface area contributed by atoms with Crippen LogP contribution in [0.3, 0.4) is 0 Å². The molecule has 0 spiro atoms. The maximum absolute atomic E-state index is 12.6. The van der Waals surface area contributed by atoms with Gasteiger partial charge in [-0.1, -0.05) is 0 Å². The van der Waals surface area contributed by atoms with Gasteiger partial charge in [-0.05, 0) is 36.4 Å². The summed E-state index contributed by atoms with van der Waals surface area (Å²) in [7, 11) is 2.89. The van der Waals surface area contributed by atoms with Crippen molar-refractivity contribution in [3.8, 4) is 11.5 Å². The van der Waals surface area contributed by atoms with Crippen LogP contribution >= 0.6 is 0 Å². The molecule has 1 aliphatic rings. The molecule has 0 bridgehead atoms. The van der Waals surface area contributed by atoms with Crippen molar-refractivity contribution < 1.29 is 24.0 Å². The van der Waals surface area contributed by atoms with Crippen LogP contribution in [0.15, 0.2) is 42.5 Å². The van der Waals surface area contributed by atoms with Crippen LogP contribution in [0.1, 0.15) is 6.42 Å². The first kappa shape index (κ1) is 19.2. The predicted octanol–water partition coefficient (Wildman–Crippen LogP) is 2.60. The van der Waals surface area contributed by atoms with Gasteiger partial charge in [-0.2, -0.15) is 0 Å². The van der Waals surface area contributed by atoms with Gasteiger partial charge in [-0.3, -0.25) is 19.7 Å². The lowest BCUT2D eigenvalue weighted by molar-refractivity contribution is -0.385. The van der Waals surface area contributed by atoms with Crippen LogP contribution < -0.4 is 19.7 Å². The monoisotopic (exact) mass is 385 g/mol. The standard InChI is InChI=1S/C19H19N3O6/c1-27-15-6-4-14(5-7-15)21-11-12(9-18(21)23)19(24)20-13-3-8-17(28-2)16(10-13)22(25)26/h3-8,10,12H,9,11H2,1-2H3,(H,20,24). The molecule has 0 aromatic heterocycles. The average Bonchev–Trinajstić information content (AvgIpc) is 3.09. The van der Waals surface area contributed by atoms with Crippen molar-refractivity contribution in [3.05, 3.63) is 52.6 Å². The lowest BCUT2D eigenvalue weighted by Gasteiger charge is -2.17. The summed E-state index contributed by atoms with van der Waals surface area (Å²) in [6.07, 6.45) is 0.0656. The summed E-state index contributed by atoms with van der Waals surface area (Å²) in [4.78, 5) is 37.0. The fourth-order valence-electron chi connectivity index (χ4n) is 3.05. The second-order valence-corrected chi connectivity index (χ2v) is 6.24. The third-order valence-corrected chi connectivity index (χ3v) is 4.52. The van der Waals surface area contributed by atoms with Crippen molar-refractivity contribution in [2.75, 3.05) is 31.0 Å². The molecule has 9 nitrogen and oxygen atoms in total. The van der Waals surface area contributed by atoms with Crippen molar-refractivity contribution in [3.63, 3.8) is 0 Å². The first-order valence-corrected chi connectivity index (χ1v) is 8.50. The summed E-state index contributed by atoms with van der Waals surface area (Å²) >= 11 is 0. The van der Waals surface area contributed by atoms with Gasteiger partial charge in [0, 0.05) is 30.4 Å². The van der Waals surface area contributed by atoms with Crippen LogP contribution in [0.5, 0.6) is 11.5 Å². The number of carbonyl (C=O) groups is 2. The van der Waals surface area contributed by atoms with Gasteiger partial charge in [0.25, 0.3) is 0 Å². The van der Waals surface area contributed by atoms with E-state index in [1.54, 1.807) is 36.3 Å². The smallest absolute Gasteiger partial charge is 0.312 e. The molecule has 2 aromatic rings. The molecule has 28 heavy (non-hydrogen) atoms. The van der Waals surface area contributed by atoms with E-state index in [1.807, 2.05) is 0 Å². The number of methoxy groups -OCH3 is 2. The molecule has 1 heterocycles. The Morgan fingerprint density at radius 3 is 2.50 bits per heavy atom. The van der Waals surface area contributed by atoms with Crippen molar-refractivity contribution in [2.24, 2.45) is 5.92 Å². The number of hydrogen-bond acceptors (Lipinski definition) is 6.